The van der Waals surface area contributed by atoms with E-state index in [1.54, 1.807) is 11.3 Å². The van der Waals surface area contributed by atoms with Gasteiger partial charge < -0.3 is 10.3 Å². The van der Waals surface area contributed by atoms with Gasteiger partial charge in [-0.3, -0.25) is 0 Å². The summed E-state index contributed by atoms with van der Waals surface area (Å²) in [7, 11) is 0. The highest BCUT2D eigenvalue weighted by Gasteiger charge is 2.19. The van der Waals surface area contributed by atoms with Crippen LogP contribution in [0.1, 0.15) is 30.3 Å². The second-order valence-electron chi connectivity index (χ2n) is 3.72. The molecule has 0 saturated carbocycles. The van der Waals surface area contributed by atoms with Crippen molar-refractivity contribution < 1.29 is 4.52 Å². The van der Waals surface area contributed by atoms with Gasteiger partial charge in [0.05, 0.1) is 5.01 Å². The molecule has 2 aromatic rings. The maximum atomic E-state index is 5.73. The molecule has 0 spiro atoms. The van der Waals surface area contributed by atoms with Gasteiger partial charge in [0.25, 0.3) is 0 Å². The molecule has 0 saturated heterocycles. The molecular weight excluding hydrogens is 210 g/mol. The number of aryl methyl sites for hydroxylation is 1. The van der Waals surface area contributed by atoms with Crippen LogP contribution in [0.5, 0.6) is 0 Å². The first-order chi connectivity index (χ1) is 7.09. The van der Waals surface area contributed by atoms with Crippen molar-refractivity contribution in [3.63, 3.8) is 0 Å². The molecule has 5 heteroatoms. The fourth-order valence-corrected chi connectivity index (χ4v) is 2.12. The average Bonchev–Trinajstić information content (AvgIpc) is 2.71. The molecule has 2 heterocycles. The van der Waals surface area contributed by atoms with Gasteiger partial charge in [-0.2, -0.15) is 0 Å². The van der Waals surface area contributed by atoms with E-state index in [1.807, 2.05) is 12.3 Å². The number of nitrogens with two attached hydrogens (primary N) is 1. The van der Waals surface area contributed by atoms with Gasteiger partial charge in [0.15, 0.2) is 0 Å². The summed E-state index contributed by atoms with van der Waals surface area (Å²) in [5, 5.41) is 6.95. The Bertz CT molecular complexity index is 473. The number of nitrogen functional groups attached to an aromatic ring is 1. The van der Waals surface area contributed by atoms with E-state index in [9.17, 15) is 0 Å². The summed E-state index contributed by atoms with van der Waals surface area (Å²) in [6.45, 7) is 6.09. The van der Waals surface area contributed by atoms with Crippen molar-refractivity contribution in [2.75, 3.05) is 5.73 Å². The molecule has 0 atom stereocenters. The van der Waals surface area contributed by atoms with Gasteiger partial charge in [-0.1, -0.05) is 19.0 Å². The largest absolute Gasteiger partial charge is 0.367 e. The van der Waals surface area contributed by atoms with E-state index in [0.29, 0.717) is 5.88 Å². The van der Waals surface area contributed by atoms with Crippen LogP contribution in [0.25, 0.3) is 11.4 Å². The summed E-state index contributed by atoms with van der Waals surface area (Å²) in [5.74, 6) is 0.680. The number of hydrogen-bond acceptors (Lipinski definition) is 5. The highest BCUT2D eigenvalue weighted by Crippen LogP contribution is 2.33. The van der Waals surface area contributed by atoms with Gasteiger partial charge >= 0.3 is 0 Å². The van der Waals surface area contributed by atoms with Crippen LogP contribution in [0, 0.1) is 6.92 Å². The standard InChI is InChI=1S/C10H13N3OS/c1-5(2)8-9(13-14-10(8)11)7-4-15-6(3)12-7/h4-5H,11H2,1-3H3. The monoisotopic (exact) mass is 223 g/mol. The minimum absolute atomic E-state index is 0.285. The molecule has 4 nitrogen and oxygen atoms in total. The Hall–Kier alpha value is -1.36. The fraction of sp³-hybridized carbons (Fsp3) is 0.400. The number of anilines is 1. The van der Waals surface area contributed by atoms with E-state index in [2.05, 4.69) is 24.0 Å². The molecule has 0 radical (unpaired) electrons. The van der Waals surface area contributed by atoms with Crippen molar-refractivity contribution in [2.24, 2.45) is 0 Å². The summed E-state index contributed by atoms with van der Waals surface area (Å²) >= 11 is 1.60. The smallest absolute Gasteiger partial charge is 0.226 e. The third-order valence-electron chi connectivity index (χ3n) is 2.19. The average molecular weight is 223 g/mol. The van der Waals surface area contributed by atoms with E-state index in [-0.39, 0.29) is 5.92 Å². The summed E-state index contributed by atoms with van der Waals surface area (Å²) in [4.78, 5) is 4.38. The Balaban J connectivity index is 2.53. The van der Waals surface area contributed by atoms with E-state index in [0.717, 1.165) is 22.0 Å². The van der Waals surface area contributed by atoms with Crippen LogP contribution in [0.2, 0.25) is 0 Å². The first-order valence-corrected chi connectivity index (χ1v) is 5.65. The van der Waals surface area contributed by atoms with Crippen molar-refractivity contribution in [3.8, 4) is 11.4 Å². The van der Waals surface area contributed by atoms with E-state index < -0.39 is 0 Å². The van der Waals surface area contributed by atoms with E-state index in [1.165, 1.54) is 0 Å². The predicted octanol–water partition coefficient (Wildman–Crippen LogP) is 2.81. The van der Waals surface area contributed by atoms with Crippen LogP contribution < -0.4 is 5.73 Å². The molecule has 0 bridgehead atoms. The minimum atomic E-state index is 0.285. The third-order valence-corrected chi connectivity index (χ3v) is 2.97. The number of hydrogen-bond donors (Lipinski definition) is 1. The number of nitrogens with zero attached hydrogens (tertiary/aromatic N) is 2. The lowest BCUT2D eigenvalue weighted by molar-refractivity contribution is 0.438. The molecule has 0 aliphatic carbocycles. The number of rotatable bonds is 2. The second kappa shape index (κ2) is 3.66. The number of aromatic nitrogens is 2. The van der Waals surface area contributed by atoms with E-state index >= 15 is 0 Å². The highest BCUT2D eigenvalue weighted by molar-refractivity contribution is 7.09. The Kier molecular flexibility index (Phi) is 2.48. The molecule has 0 aliphatic heterocycles. The maximum Gasteiger partial charge on any atom is 0.226 e. The second-order valence-corrected chi connectivity index (χ2v) is 4.78. The normalized spacial score (nSPS) is 11.2. The van der Waals surface area contributed by atoms with Gasteiger partial charge in [0.1, 0.15) is 11.4 Å². The Morgan fingerprint density at radius 1 is 1.47 bits per heavy atom. The first-order valence-electron chi connectivity index (χ1n) is 4.77. The van der Waals surface area contributed by atoms with E-state index in [4.69, 9.17) is 10.3 Å². The lowest BCUT2D eigenvalue weighted by Gasteiger charge is -2.02. The van der Waals surface area contributed by atoms with Gasteiger partial charge in [-0.15, -0.1) is 11.3 Å². The zero-order valence-corrected chi connectivity index (χ0v) is 9.76. The lowest BCUT2D eigenvalue weighted by Crippen LogP contribution is -1.94. The maximum absolute atomic E-state index is 5.73. The molecule has 2 aromatic heterocycles. The summed E-state index contributed by atoms with van der Waals surface area (Å²) in [6, 6.07) is 0. The van der Waals surface area contributed by atoms with Gasteiger partial charge in [0.2, 0.25) is 5.88 Å². The predicted molar refractivity (Wildman–Crippen MR) is 60.8 cm³/mol. The molecular formula is C10H13N3OS. The van der Waals surface area contributed by atoms with Crippen molar-refractivity contribution in [1.29, 1.82) is 0 Å². The van der Waals surface area contributed by atoms with Crippen LogP contribution in [0.15, 0.2) is 9.90 Å². The van der Waals surface area contributed by atoms with Crippen molar-refractivity contribution in [1.82, 2.24) is 10.1 Å². The zero-order chi connectivity index (χ0) is 11.0. The van der Waals surface area contributed by atoms with Gasteiger partial charge in [-0.25, -0.2) is 4.98 Å². The van der Waals surface area contributed by atoms with Crippen molar-refractivity contribution in [3.05, 3.63) is 16.0 Å². The highest BCUT2D eigenvalue weighted by atomic mass is 32.1. The summed E-state index contributed by atoms with van der Waals surface area (Å²) in [5.41, 5.74) is 8.30. The molecule has 0 amide bonds. The van der Waals surface area contributed by atoms with Crippen LogP contribution >= 0.6 is 11.3 Å². The van der Waals surface area contributed by atoms with Crippen LogP contribution in [-0.2, 0) is 0 Å². The third kappa shape index (κ3) is 1.74. The van der Waals surface area contributed by atoms with Gasteiger partial charge in [0, 0.05) is 10.9 Å². The molecule has 0 aromatic carbocycles. The van der Waals surface area contributed by atoms with Crippen molar-refractivity contribution in [2.45, 2.75) is 26.7 Å². The molecule has 0 fully saturated rings. The molecule has 15 heavy (non-hydrogen) atoms. The molecule has 0 unspecified atom stereocenters. The molecule has 0 aliphatic rings. The quantitative estimate of drug-likeness (QED) is 0.850. The molecule has 2 N–H and O–H groups in total. The molecule has 80 valence electrons. The Morgan fingerprint density at radius 2 is 2.20 bits per heavy atom. The summed E-state index contributed by atoms with van der Waals surface area (Å²) < 4.78 is 5.01. The number of thiazole rings is 1. The topological polar surface area (TPSA) is 64.9 Å². The Morgan fingerprint density at radius 3 is 2.73 bits per heavy atom. The minimum Gasteiger partial charge on any atom is -0.367 e. The van der Waals surface area contributed by atoms with Gasteiger partial charge in [-0.05, 0) is 12.8 Å². The zero-order valence-electron chi connectivity index (χ0n) is 8.94. The molecule has 2 rings (SSSR count). The SMILES string of the molecule is Cc1nc(-c2noc(N)c2C(C)C)cs1. The van der Waals surface area contributed by atoms with Crippen LogP contribution in [0.3, 0.4) is 0 Å². The summed E-state index contributed by atoms with van der Waals surface area (Å²) in [6.07, 6.45) is 0. The fourth-order valence-electron chi connectivity index (χ4n) is 1.52. The first kappa shape index (κ1) is 10.2. The van der Waals surface area contributed by atoms with Crippen LogP contribution in [0.4, 0.5) is 5.88 Å². The Labute approximate surface area is 92.1 Å². The van der Waals surface area contributed by atoms with Crippen LogP contribution in [-0.4, -0.2) is 10.1 Å². The lowest BCUT2D eigenvalue weighted by atomic mass is 10.0. The van der Waals surface area contributed by atoms with Crippen molar-refractivity contribution >= 4 is 17.2 Å².